The van der Waals surface area contributed by atoms with Crippen molar-refractivity contribution in [1.29, 1.82) is 0 Å². The average molecular weight is 572 g/mol. The van der Waals surface area contributed by atoms with Gasteiger partial charge < -0.3 is 20.7 Å². The molecule has 0 radical (unpaired) electrons. The lowest BCUT2D eigenvalue weighted by atomic mass is 10.1. The molecule has 2 saturated heterocycles. The highest BCUT2D eigenvalue weighted by Crippen LogP contribution is 2.11. The normalized spacial score (nSPS) is 19.2. The molecule has 2 fully saturated rings. The molecule has 6 nitrogen and oxygen atoms in total. The summed E-state index contributed by atoms with van der Waals surface area (Å²) in [7, 11) is 0. The molecule has 0 bridgehead atoms. The first-order valence-electron chi connectivity index (χ1n) is 11.1. The van der Waals surface area contributed by atoms with Crippen molar-refractivity contribution in [2.24, 2.45) is 0 Å². The molecule has 0 amide bonds. The van der Waals surface area contributed by atoms with Crippen LogP contribution in [0.15, 0.2) is 24.3 Å². The molecule has 11 heteroatoms. The summed E-state index contributed by atoms with van der Waals surface area (Å²) in [5, 5.41) is 10.6. The van der Waals surface area contributed by atoms with Crippen LogP contribution >= 0.6 is 62.0 Å². The Balaban J connectivity index is -0.00000180. The average Bonchev–Trinajstić information content (AvgIpc) is 2.73. The minimum atomic E-state index is 0. The standard InChI is InChI=1S/C22H39N5O.5ClH/c1-7-23-10-11-24-9-2-13-26(14-12-25-8-1)19-21-3-5-22(6-4-21)20-27-15-17-28-18-16-27;;;;;/h3-6,23-25H,1-2,7-20H2;5*1H. The fourth-order valence-corrected chi connectivity index (χ4v) is 3.85. The number of ether oxygens (including phenoxy) is 1. The van der Waals surface area contributed by atoms with Crippen LogP contribution in [-0.4, -0.2) is 88.5 Å². The highest BCUT2D eigenvalue weighted by Gasteiger charge is 2.11. The van der Waals surface area contributed by atoms with Gasteiger partial charge in [0.1, 0.15) is 0 Å². The maximum absolute atomic E-state index is 5.44. The zero-order valence-electron chi connectivity index (χ0n) is 19.5. The molecule has 198 valence electrons. The van der Waals surface area contributed by atoms with Gasteiger partial charge in [-0.3, -0.25) is 9.80 Å². The van der Waals surface area contributed by atoms with Crippen LogP contribution in [0.2, 0.25) is 0 Å². The quantitative estimate of drug-likeness (QED) is 0.517. The molecular formula is C22H44Cl5N5O. The summed E-state index contributed by atoms with van der Waals surface area (Å²) in [5.74, 6) is 0. The van der Waals surface area contributed by atoms with E-state index in [2.05, 4.69) is 50.0 Å². The van der Waals surface area contributed by atoms with Crippen molar-refractivity contribution < 1.29 is 4.74 Å². The van der Waals surface area contributed by atoms with E-state index >= 15 is 0 Å². The zero-order chi connectivity index (χ0) is 19.3. The van der Waals surface area contributed by atoms with Gasteiger partial charge in [0, 0.05) is 52.4 Å². The maximum atomic E-state index is 5.44. The number of halogens is 5. The summed E-state index contributed by atoms with van der Waals surface area (Å²) >= 11 is 0. The van der Waals surface area contributed by atoms with Gasteiger partial charge in [-0.05, 0) is 50.1 Å². The third-order valence-corrected chi connectivity index (χ3v) is 5.56. The highest BCUT2D eigenvalue weighted by molar-refractivity contribution is 5.86. The molecule has 3 rings (SSSR count). The Hall–Kier alpha value is 0.430. The number of morpholine rings is 1. The van der Waals surface area contributed by atoms with E-state index in [9.17, 15) is 0 Å². The summed E-state index contributed by atoms with van der Waals surface area (Å²) in [4.78, 5) is 5.07. The minimum Gasteiger partial charge on any atom is -0.379 e. The Kier molecular flexibility index (Phi) is 27.8. The lowest BCUT2D eigenvalue weighted by molar-refractivity contribution is 0.0342. The first kappa shape index (κ1) is 38.0. The van der Waals surface area contributed by atoms with E-state index in [1.807, 2.05) is 0 Å². The zero-order valence-corrected chi connectivity index (χ0v) is 23.5. The molecule has 0 aromatic heterocycles. The smallest absolute Gasteiger partial charge is 0.0594 e. The minimum absolute atomic E-state index is 0. The van der Waals surface area contributed by atoms with Crippen LogP contribution in [0.4, 0.5) is 0 Å². The second-order valence-corrected chi connectivity index (χ2v) is 7.94. The molecule has 1 aromatic rings. The molecule has 1 aromatic carbocycles. The second-order valence-electron chi connectivity index (χ2n) is 7.94. The fraction of sp³-hybridized carbons (Fsp3) is 0.727. The van der Waals surface area contributed by atoms with Crippen molar-refractivity contribution in [3.8, 4) is 0 Å². The lowest BCUT2D eigenvalue weighted by Gasteiger charge is -2.27. The van der Waals surface area contributed by atoms with Gasteiger partial charge in [-0.15, -0.1) is 62.0 Å². The molecule has 0 saturated carbocycles. The monoisotopic (exact) mass is 569 g/mol. The van der Waals surface area contributed by atoms with Gasteiger partial charge in [-0.25, -0.2) is 0 Å². The number of benzene rings is 1. The molecular weight excluding hydrogens is 528 g/mol. The van der Waals surface area contributed by atoms with Crippen molar-refractivity contribution >= 4 is 62.0 Å². The van der Waals surface area contributed by atoms with Crippen molar-refractivity contribution in [2.75, 3.05) is 78.7 Å². The van der Waals surface area contributed by atoms with E-state index in [1.54, 1.807) is 0 Å². The lowest BCUT2D eigenvalue weighted by Crippen LogP contribution is -2.36. The van der Waals surface area contributed by atoms with Crippen LogP contribution in [0, 0.1) is 0 Å². The van der Waals surface area contributed by atoms with Crippen molar-refractivity contribution in [3.63, 3.8) is 0 Å². The van der Waals surface area contributed by atoms with E-state index in [-0.39, 0.29) is 62.0 Å². The maximum Gasteiger partial charge on any atom is 0.0594 e. The van der Waals surface area contributed by atoms with E-state index < -0.39 is 0 Å². The van der Waals surface area contributed by atoms with Crippen molar-refractivity contribution in [1.82, 2.24) is 25.8 Å². The predicted octanol–water partition coefficient (Wildman–Crippen LogP) is 2.99. The Bertz CT molecular complexity index is 524. The van der Waals surface area contributed by atoms with E-state index in [4.69, 9.17) is 4.74 Å². The van der Waals surface area contributed by atoms with Crippen molar-refractivity contribution in [2.45, 2.75) is 25.9 Å². The molecule has 3 N–H and O–H groups in total. The molecule has 0 atom stereocenters. The van der Waals surface area contributed by atoms with E-state index in [0.717, 1.165) is 91.8 Å². The van der Waals surface area contributed by atoms with Crippen LogP contribution in [-0.2, 0) is 17.8 Å². The van der Waals surface area contributed by atoms with Gasteiger partial charge in [0.15, 0.2) is 0 Å². The summed E-state index contributed by atoms with van der Waals surface area (Å²) in [6.45, 7) is 14.7. The first-order valence-corrected chi connectivity index (χ1v) is 11.1. The number of nitrogens with one attached hydrogen (secondary N) is 3. The molecule has 2 aliphatic heterocycles. The Morgan fingerprint density at radius 1 is 0.545 bits per heavy atom. The summed E-state index contributed by atoms with van der Waals surface area (Å²) < 4.78 is 5.44. The van der Waals surface area contributed by atoms with Crippen LogP contribution in [0.1, 0.15) is 24.0 Å². The number of hydrogen-bond acceptors (Lipinski definition) is 6. The third kappa shape index (κ3) is 16.7. The van der Waals surface area contributed by atoms with Gasteiger partial charge in [-0.1, -0.05) is 24.3 Å². The van der Waals surface area contributed by atoms with E-state index in [1.165, 1.54) is 24.0 Å². The first-order chi connectivity index (χ1) is 13.9. The third-order valence-electron chi connectivity index (χ3n) is 5.56. The fourth-order valence-electron chi connectivity index (χ4n) is 3.85. The Morgan fingerprint density at radius 2 is 1.00 bits per heavy atom. The van der Waals surface area contributed by atoms with Crippen LogP contribution in [0.5, 0.6) is 0 Å². The van der Waals surface area contributed by atoms with Gasteiger partial charge in [-0.2, -0.15) is 0 Å². The van der Waals surface area contributed by atoms with Gasteiger partial charge in [0.2, 0.25) is 0 Å². The second kappa shape index (κ2) is 24.1. The molecule has 2 aliphatic rings. The van der Waals surface area contributed by atoms with Crippen molar-refractivity contribution in [3.05, 3.63) is 35.4 Å². The summed E-state index contributed by atoms with van der Waals surface area (Å²) in [6, 6.07) is 9.25. The molecule has 33 heavy (non-hydrogen) atoms. The topological polar surface area (TPSA) is 51.8 Å². The molecule has 2 heterocycles. The highest BCUT2D eigenvalue weighted by atomic mass is 35.5. The van der Waals surface area contributed by atoms with Crippen LogP contribution in [0.25, 0.3) is 0 Å². The molecule has 0 spiro atoms. The molecule has 0 aliphatic carbocycles. The summed E-state index contributed by atoms with van der Waals surface area (Å²) in [6.07, 6.45) is 2.40. The van der Waals surface area contributed by atoms with Crippen LogP contribution < -0.4 is 16.0 Å². The predicted molar refractivity (Wildman–Crippen MR) is 152 cm³/mol. The largest absolute Gasteiger partial charge is 0.379 e. The van der Waals surface area contributed by atoms with E-state index in [0.29, 0.717) is 0 Å². The number of nitrogens with zero attached hydrogens (tertiary/aromatic N) is 2. The number of rotatable bonds is 4. The molecule has 0 unspecified atom stereocenters. The van der Waals surface area contributed by atoms with Gasteiger partial charge in [0.05, 0.1) is 13.2 Å². The SMILES string of the molecule is Cl.Cl.Cl.Cl.Cl.c1cc(CN2CCOCC2)ccc1CN1CCCNCCNCCCNCC1. The van der Waals surface area contributed by atoms with Gasteiger partial charge >= 0.3 is 0 Å². The summed E-state index contributed by atoms with van der Waals surface area (Å²) in [5.41, 5.74) is 2.83. The van der Waals surface area contributed by atoms with Crippen LogP contribution in [0.3, 0.4) is 0 Å². The Labute approximate surface area is 231 Å². The Morgan fingerprint density at radius 3 is 1.55 bits per heavy atom. The van der Waals surface area contributed by atoms with Gasteiger partial charge in [0.25, 0.3) is 0 Å². The number of hydrogen-bond donors (Lipinski definition) is 3.